The van der Waals surface area contributed by atoms with Crippen LogP contribution in [0, 0.1) is 11.3 Å². The van der Waals surface area contributed by atoms with E-state index >= 15 is 0 Å². The number of rotatable bonds is 2. The van der Waals surface area contributed by atoms with E-state index in [-0.39, 0.29) is 34.2 Å². The number of hydrogen-bond acceptors (Lipinski definition) is 3. The number of aromatic nitrogens is 1. The molecule has 0 aliphatic heterocycles. The summed E-state index contributed by atoms with van der Waals surface area (Å²) in [6, 6.07) is 13.0. The molecule has 3 nitrogen and oxygen atoms in total. The summed E-state index contributed by atoms with van der Waals surface area (Å²) in [5, 5.41) is 11.5. The summed E-state index contributed by atoms with van der Waals surface area (Å²) in [6.07, 6.45) is 1.70. The summed E-state index contributed by atoms with van der Waals surface area (Å²) in [5.74, 6) is 0. The zero-order valence-corrected chi connectivity index (χ0v) is 17.4. The fraction of sp³-hybridized carbons (Fsp3) is 0.143. The molecule has 3 heteroatoms. The van der Waals surface area contributed by atoms with Crippen LogP contribution in [0.3, 0.4) is 0 Å². The van der Waals surface area contributed by atoms with Crippen LogP contribution in [0.2, 0.25) is 0 Å². The van der Waals surface area contributed by atoms with Crippen LogP contribution >= 0.6 is 0 Å². The molecule has 0 saturated carbocycles. The predicted molar refractivity (Wildman–Crippen MR) is 126 cm³/mol. The summed E-state index contributed by atoms with van der Waals surface area (Å²) in [4.78, 5) is 4.49. The van der Waals surface area contributed by atoms with Gasteiger partial charge in [0.25, 0.3) is 0 Å². The van der Waals surface area contributed by atoms with E-state index < -0.39 is 18.1 Å². The first-order chi connectivity index (χ1) is 17.1. The second kappa shape index (κ2) is 7.11. The van der Waals surface area contributed by atoms with Crippen molar-refractivity contribution in [1.29, 1.82) is 5.26 Å². The standard InChI is InChI=1S/C28H22N2O/c1-28(2,3)22-15-14-20(23-11-7-8-16-30-23)26-25(22)21-13-12-19(17-29)24(27(21)31-26)18-9-5-4-6-10-18/h4-16H,1-3H3/i4D,5D,6D,9D,10D. The van der Waals surface area contributed by atoms with Crippen LogP contribution in [0.1, 0.15) is 38.8 Å². The lowest BCUT2D eigenvalue weighted by Gasteiger charge is -2.21. The fourth-order valence-electron chi connectivity index (χ4n) is 4.01. The molecule has 0 radical (unpaired) electrons. The lowest BCUT2D eigenvalue weighted by atomic mass is 9.83. The Labute approximate surface area is 188 Å². The van der Waals surface area contributed by atoms with Crippen LogP contribution in [-0.4, -0.2) is 4.98 Å². The zero-order valence-electron chi connectivity index (χ0n) is 22.4. The van der Waals surface area contributed by atoms with Gasteiger partial charge in [-0.2, -0.15) is 5.26 Å². The fourth-order valence-corrected chi connectivity index (χ4v) is 4.01. The summed E-state index contributed by atoms with van der Waals surface area (Å²) < 4.78 is 47.9. The Morgan fingerprint density at radius 3 is 2.45 bits per heavy atom. The van der Waals surface area contributed by atoms with Crippen molar-refractivity contribution in [2.24, 2.45) is 0 Å². The van der Waals surface area contributed by atoms with Crippen LogP contribution in [0.5, 0.6) is 0 Å². The quantitative estimate of drug-likeness (QED) is 0.305. The van der Waals surface area contributed by atoms with Gasteiger partial charge in [-0.05, 0) is 46.9 Å². The Hall–Kier alpha value is -3.90. The number of benzene rings is 3. The SMILES string of the molecule is [2H]c1c([2H])c([2H])c(-c2c(C#N)ccc3c2oc2c(-c4ccccn4)ccc(C(C)(C)C)c23)c([2H])c1[2H]. The minimum absolute atomic E-state index is 0.0566. The molecule has 5 aromatic rings. The van der Waals surface area contributed by atoms with E-state index in [9.17, 15) is 5.26 Å². The van der Waals surface area contributed by atoms with E-state index in [0.29, 0.717) is 22.2 Å². The van der Waals surface area contributed by atoms with E-state index in [2.05, 4.69) is 31.8 Å². The molecule has 31 heavy (non-hydrogen) atoms. The summed E-state index contributed by atoms with van der Waals surface area (Å²) in [6.45, 7) is 6.30. The average molecular weight is 408 g/mol. The first kappa shape index (κ1) is 14.2. The zero-order chi connectivity index (χ0) is 25.9. The highest BCUT2D eigenvalue weighted by Gasteiger charge is 2.25. The van der Waals surface area contributed by atoms with Crippen LogP contribution in [0.15, 0.2) is 83.3 Å². The topological polar surface area (TPSA) is 49.8 Å². The molecular weight excluding hydrogens is 380 g/mol. The number of nitriles is 1. The molecule has 3 aromatic carbocycles. The van der Waals surface area contributed by atoms with Crippen molar-refractivity contribution in [3.63, 3.8) is 0 Å². The molecular formula is C28H22N2O. The van der Waals surface area contributed by atoms with Crippen LogP contribution in [0.25, 0.3) is 44.3 Å². The Morgan fingerprint density at radius 1 is 0.968 bits per heavy atom. The highest BCUT2D eigenvalue weighted by molar-refractivity contribution is 6.15. The van der Waals surface area contributed by atoms with Gasteiger partial charge in [0.2, 0.25) is 0 Å². The molecule has 0 fully saturated rings. The number of hydrogen-bond donors (Lipinski definition) is 0. The Morgan fingerprint density at radius 2 is 1.77 bits per heavy atom. The van der Waals surface area contributed by atoms with Crippen molar-refractivity contribution < 1.29 is 11.3 Å². The number of fused-ring (bicyclic) bond motifs is 3. The third-order valence-electron chi connectivity index (χ3n) is 5.41. The van der Waals surface area contributed by atoms with Crippen molar-refractivity contribution in [1.82, 2.24) is 4.98 Å². The number of nitrogens with zero attached hydrogens (tertiary/aromatic N) is 2. The number of furan rings is 1. The molecule has 0 aliphatic rings. The molecule has 0 N–H and O–H groups in total. The molecule has 150 valence electrons. The summed E-state index contributed by atoms with van der Waals surface area (Å²) >= 11 is 0. The van der Waals surface area contributed by atoms with Gasteiger partial charge in [0.15, 0.2) is 0 Å². The lowest BCUT2D eigenvalue weighted by Crippen LogP contribution is -2.11. The minimum atomic E-state index is -0.489. The molecule has 0 atom stereocenters. The van der Waals surface area contributed by atoms with Gasteiger partial charge in [0.05, 0.1) is 24.2 Å². The van der Waals surface area contributed by atoms with Crippen LogP contribution in [-0.2, 0) is 5.41 Å². The van der Waals surface area contributed by atoms with Crippen molar-refractivity contribution in [2.75, 3.05) is 0 Å². The normalized spacial score (nSPS) is 13.9. The van der Waals surface area contributed by atoms with Gasteiger partial charge >= 0.3 is 0 Å². The maximum atomic E-state index is 9.95. The maximum absolute atomic E-state index is 9.95. The first-order valence-corrected chi connectivity index (χ1v) is 9.97. The number of pyridine rings is 1. The second-order valence-electron chi connectivity index (χ2n) is 8.41. The molecule has 0 unspecified atom stereocenters. The van der Waals surface area contributed by atoms with E-state index in [1.807, 2.05) is 30.3 Å². The molecule has 0 bridgehead atoms. The predicted octanol–water partition coefficient (Wildman–Crippen LogP) is 7.48. The van der Waals surface area contributed by atoms with Gasteiger partial charge in [0, 0.05) is 28.1 Å². The molecule has 0 saturated heterocycles. The lowest BCUT2D eigenvalue weighted by molar-refractivity contribution is 0.595. The highest BCUT2D eigenvalue weighted by atomic mass is 16.3. The second-order valence-corrected chi connectivity index (χ2v) is 8.41. The molecule has 2 heterocycles. The van der Waals surface area contributed by atoms with Gasteiger partial charge in [-0.15, -0.1) is 0 Å². The third-order valence-corrected chi connectivity index (χ3v) is 5.41. The molecule has 2 aromatic heterocycles. The third kappa shape index (κ3) is 3.08. The average Bonchev–Trinajstić information content (AvgIpc) is 3.25. The monoisotopic (exact) mass is 407 g/mol. The summed E-state index contributed by atoms with van der Waals surface area (Å²) in [5.41, 5.74) is 3.42. The smallest absolute Gasteiger partial charge is 0.145 e. The van der Waals surface area contributed by atoms with Gasteiger partial charge in [-0.1, -0.05) is 63.1 Å². The van der Waals surface area contributed by atoms with E-state index in [1.165, 1.54) is 0 Å². The van der Waals surface area contributed by atoms with Crippen molar-refractivity contribution >= 4 is 21.9 Å². The highest BCUT2D eigenvalue weighted by Crippen LogP contribution is 2.44. The Kier molecular flexibility index (Phi) is 3.25. The summed E-state index contributed by atoms with van der Waals surface area (Å²) in [7, 11) is 0. The molecule has 0 amide bonds. The molecule has 0 aliphatic carbocycles. The Balaban J connectivity index is 2.02. The molecule has 5 rings (SSSR count). The van der Waals surface area contributed by atoms with Crippen molar-refractivity contribution in [3.8, 4) is 28.5 Å². The van der Waals surface area contributed by atoms with Gasteiger partial charge in [-0.25, -0.2) is 0 Å². The van der Waals surface area contributed by atoms with Gasteiger partial charge < -0.3 is 4.42 Å². The van der Waals surface area contributed by atoms with Gasteiger partial charge in [0.1, 0.15) is 11.2 Å². The van der Waals surface area contributed by atoms with Gasteiger partial charge in [-0.3, -0.25) is 4.98 Å². The van der Waals surface area contributed by atoms with Crippen LogP contribution in [0.4, 0.5) is 0 Å². The molecule has 0 spiro atoms. The van der Waals surface area contributed by atoms with E-state index in [0.717, 1.165) is 16.5 Å². The minimum Gasteiger partial charge on any atom is -0.455 e. The first-order valence-electron chi connectivity index (χ1n) is 12.5. The maximum Gasteiger partial charge on any atom is 0.145 e. The Bertz CT molecular complexity index is 1700. The largest absolute Gasteiger partial charge is 0.455 e. The van der Waals surface area contributed by atoms with Crippen molar-refractivity contribution in [3.05, 3.63) is 90.0 Å². The van der Waals surface area contributed by atoms with Crippen molar-refractivity contribution in [2.45, 2.75) is 26.2 Å². The van der Waals surface area contributed by atoms with E-state index in [4.69, 9.17) is 11.3 Å². The van der Waals surface area contributed by atoms with Crippen LogP contribution < -0.4 is 0 Å². The van der Waals surface area contributed by atoms with E-state index in [1.54, 1.807) is 18.3 Å².